The van der Waals surface area contributed by atoms with Crippen molar-refractivity contribution in [3.63, 3.8) is 0 Å². The number of likely N-dealkylation sites (tertiary alicyclic amines) is 1. The molecule has 4 aromatic heterocycles. The summed E-state index contributed by atoms with van der Waals surface area (Å²) in [6, 6.07) is 7.14. The van der Waals surface area contributed by atoms with Crippen molar-refractivity contribution in [1.29, 1.82) is 0 Å². The highest BCUT2D eigenvalue weighted by atomic mass is 35.5. The van der Waals surface area contributed by atoms with Crippen LogP contribution < -0.4 is 5.32 Å². The molecule has 5 heterocycles. The molecule has 0 saturated carbocycles. The molecule has 0 radical (unpaired) electrons. The van der Waals surface area contributed by atoms with Gasteiger partial charge in [-0.25, -0.2) is 19.9 Å². The molecule has 12 heteroatoms. The summed E-state index contributed by atoms with van der Waals surface area (Å²) in [5.41, 5.74) is 0.0500. The first kappa shape index (κ1) is 21.0. The fourth-order valence-corrected chi connectivity index (χ4v) is 3.88. The van der Waals surface area contributed by atoms with Crippen LogP contribution in [0.1, 0.15) is 12.2 Å². The molecule has 1 unspecified atom stereocenters. The van der Waals surface area contributed by atoms with E-state index in [-0.39, 0.29) is 18.2 Å². The van der Waals surface area contributed by atoms with Crippen molar-refractivity contribution in [2.45, 2.75) is 12.0 Å². The van der Waals surface area contributed by atoms with Crippen molar-refractivity contribution in [1.82, 2.24) is 39.2 Å². The molecule has 2 N–H and O–H groups in total. The van der Waals surface area contributed by atoms with Crippen LogP contribution in [0.15, 0.2) is 49.1 Å². The van der Waals surface area contributed by atoms with Gasteiger partial charge in [-0.15, -0.1) is 0 Å². The molecule has 1 atom stereocenters. The van der Waals surface area contributed by atoms with Crippen molar-refractivity contribution in [3.05, 3.63) is 60.0 Å². The van der Waals surface area contributed by atoms with E-state index >= 15 is 0 Å². The van der Waals surface area contributed by atoms with Gasteiger partial charge in [-0.2, -0.15) is 5.10 Å². The molecule has 0 bridgehead atoms. The number of aliphatic hydroxyl groups is 1. The van der Waals surface area contributed by atoms with Crippen LogP contribution in [0, 0.1) is 0 Å². The number of halogens is 1. The first-order valence-corrected chi connectivity index (χ1v) is 10.5. The lowest BCUT2D eigenvalue weighted by molar-refractivity contribution is -0.143. The van der Waals surface area contributed by atoms with Crippen LogP contribution in [0.2, 0.25) is 5.15 Å². The summed E-state index contributed by atoms with van der Waals surface area (Å²) >= 11 is 6.21. The lowest BCUT2D eigenvalue weighted by Gasteiger charge is -2.21. The minimum atomic E-state index is -1.69. The van der Waals surface area contributed by atoms with Gasteiger partial charge < -0.3 is 15.3 Å². The number of amides is 1. The van der Waals surface area contributed by atoms with E-state index in [4.69, 9.17) is 11.6 Å². The average Bonchev–Trinajstić information content (AvgIpc) is 3.52. The Balaban J connectivity index is 1.48. The number of hydrogen-bond donors (Lipinski definition) is 2. The first-order valence-electron chi connectivity index (χ1n) is 10.1. The number of carbonyl (C=O) groups excluding carboxylic acids is 1. The van der Waals surface area contributed by atoms with Gasteiger partial charge in [0.15, 0.2) is 5.82 Å². The molecule has 0 aromatic carbocycles. The quantitative estimate of drug-likeness (QED) is 0.457. The van der Waals surface area contributed by atoms with E-state index in [1.54, 1.807) is 49.4 Å². The minimum Gasteiger partial charge on any atom is -0.373 e. The molecule has 1 aliphatic heterocycles. The molecular formula is C21H20ClN9O2. The van der Waals surface area contributed by atoms with Gasteiger partial charge in [-0.05, 0) is 18.2 Å². The van der Waals surface area contributed by atoms with Gasteiger partial charge in [0.1, 0.15) is 11.0 Å². The average molecular weight is 466 g/mol. The Kier molecular flexibility index (Phi) is 5.06. The van der Waals surface area contributed by atoms with Crippen LogP contribution in [0.25, 0.3) is 17.2 Å². The molecule has 1 saturated heterocycles. The maximum Gasteiger partial charge on any atom is 0.262 e. The fourth-order valence-electron chi connectivity index (χ4n) is 3.74. The van der Waals surface area contributed by atoms with E-state index in [1.165, 1.54) is 15.8 Å². The minimum absolute atomic E-state index is 0.234. The zero-order valence-corrected chi connectivity index (χ0v) is 18.6. The number of likely N-dealkylation sites (N-methyl/N-ethyl adjacent to an activating group) is 1. The number of rotatable bonds is 5. The number of anilines is 2. The molecule has 0 aliphatic carbocycles. The second-order valence-corrected chi connectivity index (χ2v) is 8.06. The molecule has 11 nitrogen and oxygen atoms in total. The second-order valence-electron chi connectivity index (χ2n) is 7.70. The van der Waals surface area contributed by atoms with E-state index < -0.39 is 5.60 Å². The number of carbonyl (C=O) groups is 1. The van der Waals surface area contributed by atoms with Crippen LogP contribution >= 0.6 is 11.6 Å². The monoisotopic (exact) mass is 465 g/mol. The van der Waals surface area contributed by atoms with Crippen molar-refractivity contribution < 1.29 is 9.90 Å². The van der Waals surface area contributed by atoms with Gasteiger partial charge in [0.25, 0.3) is 5.91 Å². The third kappa shape index (κ3) is 3.60. The summed E-state index contributed by atoms with van der Waals surface area (Å²) < 4.78 is 3.15. The lowest BCUT2D eigenvalue weighted by Crippen LogP contribution is -2.38. The molecule has 1 aliphatic rings. The molecule has 33 heavy (non-hydrogen) atoms. The Morgan fingerprint density at radius 1 is 1.12 bits per heavy atom. The number of nitrogens with one attached hydrogen (secondary N) is 1. The van der Waals surface area contributed by atoms with Gasteiger partial charge >= 0.3 is 0 Å². The predicted molar refractivity (Wildman–Crippen MR) is 120 cm³/mol. The van der Waals surface area contributed by atoms with Crippen LogP contribution in [0.5, 0.6) is 0 Å². The standard InChI is InChI=1S/C21H20ClN9O2/c1-29-10-7-21(33,19(29)32)18-23-9-11-31(18)16-5-3-4-13(26-16)14-6-8-24-20(27-14)28-15-12-25-30(2)17(15)22/h3-6,8-9,11-12,33H,7,10H2,1-2H3,(H,24,27,28). The SMILES string of the molecule is CN1CCC(O)(c2nccn2-c2cccc(-c3ccnc(Nc4cnn(C)c4Cl)n3)n2)C1=O. The van der Waals surface area contributed by atoms with E-state index in [0.717, 1.165) is 0 Å². The van der Waals surface area contributed by atoms with E-state index in [0.29, 0.717) is 40.5 Å². The van der Waals surface area contributed by atoms with Gasteiger partial charge in [0, 0.05) is 45.7 Å². The molecule has 1 amide bonds. The van der Waals surface area contributed by atoms with E-state index in [2.05, 4.69) is 30.4 Å². The molecule has 4 aromatic rings. The first-order chi connectivity index (χ1) is 15.9. The van der Waals surface area contributed by atoms with Gasteiger partial charge in [-0.3, -0.25) is 14.0 Å². The Bertz CT molecular complexity index is 1350. The van der Waals surface area contributed by atoms with E-state index in [9.17, 15) is 9.90 Å². The third-order valence-corrected chi connectivity index (χ3v) is 5.98. The predicted octanol–water partition coefficient (Wildman–Crippen LogP) is 1.90. The smallest absolute Gasteiger partial charge is 0.262 e. The number of hydrogen-bond acceptors (Lipinski definition) is 8. The summed E-state index contributed by atoms with van der Waals surface area (Å²) in [7, 11) is 3.39. The summed E-state index contributed by atoms with van der Waals surface area (Å²) in [6.07, 6.45) is 6.67. The highest BCUT2D eigenvalue weighted by molar-refractivity contribution is 6.32. The summed E-state index contributed by atoms with van der Waals surface area (Å²) in [5, 5.41) is 18.6. The number of pyridine rings is 1. The maximum atomic E-state index is 12.6. The second kappa shape index (κ2) is 7.94. The number of aryl methyl sites for hydroxylation is 1. The van der Waals surface area contributed by atoms with Crippen molar-refractivity contribution in [3.8, 4) is 17.2 Å². The lowest BCUT2D eigenvalue weighted by atomic mass is 10.0. The van der Waals surface area contributed by atoms with Crippen molar-refractivity contribution >= 4 is 29.1 Å². The van der Waals surface area contributed by atoms with Gasteiger partial charge in [0.2, 0.25) is 11.5 Å². The molecule has 168 valence electrons. The zero-order chi connectivity index (χ0) is 23.2. The molecule has 0 spiro atoms. The summed E-state index contributed by atoms with van der Waals surface area (Å²) in [4.78, 5) is 31.8. The number of nitrogens with zero attached hydrogens (tertiary/aromatic N) is 8. The maximum absolute atomic E-state index is 12.6. The molecular weight excluding hydrogens is 446 g/mol. The van der Waals surface area contributed by atoms with Crippen molar-refractivity contribution in [2.24, 2.45) is 7.05 Å². The Labute approximate surface area is 193 Å². The van der Waals surface area contributed by atoms with Gasteiger partial charge in [-0.1, -0.05) is 17.7 Å². The Morgan fingerprint density at radius 2 is 1.94 bits per heavy atom. The number of imidazole rings is 1. The Hall–Kier alpha value is -3.83. The van der Waals surface area contributed by atoms with Gasteiger partial charge in [0.05, 0.1) is 23.3 Å². The van der Waals surface area contributed by atoms with E-state index in [1.807, 2.05) is 12.1 Å². The Morgan fingerprint density at radius 3 is 2.67 bits per heavy atom. The van der Waals surface area contributed by atoms with Crippen molar-refractivity contribution in [2.75, 3.05) is 18.9 Å². The highest BCUT2D eigenvalue weighted by Gasteiger charge is 2.48. The van der Waals surface area contributed by atoms with Crippen LogP contribution in [0.3, 0.4) is 0 Å². The largest absolute Gasteiger partial charge is 0.373 e. The molecule has 1 fully saturated rings. The molecule has 5 rings (SSSR count). The van der Waals surface area contributed by atoms with Crippen LogP contribution in [-0.4, -0.2) is 63.8 Å². The topological polar surface area (TPSA) is 127 Å². The summed E-state index contributed by atoms with van der Waals surface area (Å²) in [6.45, 7) is 0.452. The highest BCUT2D eigenvalue weighted by Crippen LogP contribution is 2.33. The fraction of sp³-hybridized carbons (Fsp3) is 0.238. The van der Waals surface area contributed by atoms with Crippen LogP contribution in [-0.2, 0) is 17.4 Å². The zero-order valence-electron chi connectivity index (χ0n) is 17.8. The third-order valence-electron chi connectivity index (χ3n) is 5.53. The number of aromatic nitrogens is 7. The summed E-state index contributed by atoms with van der Waals surface area (Å²) in [5.74, 6) is 0.690. The van der Waals surface area contributed by atoms with Crippen LogP contribution in [0.4, 0.5) is 11.6 Å². The normalized spacial score (nSPS) is 18.2.